The average Bonchev–Trinajstić information content (AvgIpc) is 2.25. The van der Waals surface area contributed by atoms with E-state index in [-0.39, 0.29) is 0 Å². The maximum absolute atomic E-state index is 8.96. The molecule has 1 aromatic heterocycles. The van der Waals surface area contributed by atoms with Gasteiger partial charge in [0.05, 0.1) is 13.3 Å². The first-order valence-electron chi connectivity index (χ1n) is 4.38. The lowest BCUT2D eigenvalue weighted by molar-refractivity contribution is 0.410. The number of aromatic nitrogens is 1. The summed E-state index contributed by atoms with van der Waals surface area (Å²) >= 11 is 1.64. The molecule has 0 bridgehead atoms. The maximum Gasteiger partial charge on any atom is 0.156 e. The summed E-state index contributed by atoms with van der Waals surface area (Å²) in [6, 6.07) is 2.14. The highest BCUT2D eigenvalue weighted by atomic mass is 32.2. The molecule has 1 heterocycles. The minimum Gasteiger partial charge on any atom is -0.494 e. The molecular formula is C10H12N2OS. The largest absolute Gasteiger partial charge is 0.494 e. The van der Waals surface area contributed by atoms with Gasteiger partial charge in [-0.2, -0.15) is 5.26 Å². The van der Waals surface area contributed by atoms with Crippen LogP contribution < -0.4 is 4.74 Å². The van der Waals surface area contributed by atoms with E-state index in [9.17, 15) is 0 Å². The van der Waals surface area contributed by atoms with E-state index in [2.05, 4.69) is 18.0 Å². The predicted molar refractivity (Wildman–Crippen MR) is 56.5 cm³/mol. The highest BCUT2D eigenvalue weighted by Gasteiger charge is 2.08. The Morgan fingerprint density at radius 3 is 2.93 bits per heavy atom. The van der Waals surface area contributed by atoms with E-state index in [0.29, 0.717) is 11.3 Å². The first kappa shape index (κ1) is 10.9. The summed E-state index contributed by atoms with van der Waals surface area (Å²) in [7, 11) is 1.55. The molecule has 0 aliphatic carbocycles. The van der Waals surface area contributed by atoms with Crippen LogP contribution in [-0.4, -0.2) is 17.8 Å². The summed E-state index contributed by atoms with van der Waals surface area (Å²) in [5.41, 5.74) is 0.584. The predicted octanol–water partition coefficient (Wildman–Crippen LogP) is 2.46. The van der Waals surface area contributed by atoms with E-state index in [1.807, 2.05) is 0 Å². The highest BCUT2D eigenvalue weighted by molar-refractivity contribution is 7.99. The van der Waals surface area contributed by atoms with Crippen LogP contribution in [0.25, 0.3) is 0 Å². The smallest absolute Gasteiger partial charge is 0.156 e. The fraction of sp³-hybridized carbons (Fsp3) is 0.400. The second-order valence-corrected chi connectivity index (χ2v) is 3.81. The van der Waals surface area contributed by atoms with Gasteiger partial charge in [-0.15, -0.1) is 11.8 Å². The number of hydrogen-bond acceptors (Lipinski definition) is 4. The molecule has 0 unspecified atom stereocenters. The van der Waals surface area contributed by atoms with Crippen molar-refractivity contribution in [2.24, 2.45) is 0 Å². The molecule has 0 radical (unpaired) electrons. The third-order valence-electron chi connectivity index (χ3n) is 1.67. The van der Waals surface area contributed by atoms with Gasteiger partial charge in [-0.3, -0.25) is 4.98 Å². The Bertz CT molecular complexity index is 346. The van der Waals surface area contributed by atoms with Crippen molar-refractivity contribution in [2.75, 3.05) is 12.9 Å². The molecule has 0 amide bonds. The third kappa shape index (κ3) is 2.39. The monoisotopic (exact) mass is 208 g/mol. The molecule has 4 heteroatoms. The Labute approximate surface area is 88.1 Å². The van der Waals surface area contributed by atoms with Crippen molar-refractivity contribution in [1.82, 2.24) is 4.98 Å². The zero-order valence-electron chi connectivity index (χ0n) is 8.28. The maximum atomic E-state index is 8.96. The normalized spacial score (nSPS) is 9.50. The topological polar surface area (TPSA) is 45.9 Å². The number of methoxy groups -OCH3 is 1. The number of hydrogen-bond donors (Lipinski definition) is 0. The summed E-state index contributed by atoms with van der Waals surface area (Å²) in [4.78, 5) is 4.92. The summed E-state index contributed by atoms with van der Waals surface area (Å²) < 4.78 is 5.06. The number of ether oxygens (including phenoxy) is 1. The zero-order chi connectivity index (χ0) is 10.4. The molecule has 1 rings (SSSR count). The van der Waals surface area contributed by atoms with Crippen molar-refractivity contribution in [3.05, 3.63) is 18.0 Å². The van der Waals surface area contributed by atoms with Gasteiger partial charge in [0, 0.05) is 11.1 Å². The molecule has 0 N–H and O–H groups in total. The molecule has 3 nitrogen and oxygen atoms in total. The molecule has 14 heavy (non-hydrogen) atoms. The SMILES string of the molecule is CCCSc1cncc(OC)c1C#N. The second-order valence-electron chi connectivity index (χ2n) is 2.68. The van der Waals surface area contributed by atoms with Crippen LogP contribution in [0, 0.1) is 11.3 Å². The fourth-order valence-corrected chi connectivity index (χ4v) is 1.86. The molecule has 0 aliphatic rings. The van der Waals surface area contributed by atoms with Crippen molar-refractivity contribution < 1.29 is 4.74 Å². The van der Waals surface area contributed by atoms with Gasteiger partial charge in [-0.1, -0.05) is 6.92 Å². The van der Waals surface area contributed by atoms with Crippen LogP contribution in [0.2, 0.25) is 0 Å². The summed E-state index contributed by atoms with van der Waals surface area (Å²) in [6.45, 7) is 2.10. The molecule has 0 saturated heterocycles. The minimum atomic E-state index is 0.550. The molecule has 1 aromatic rings. The molecule has 74 valence electrons. The van der Waals surface area contributed by atoms with Gasteiger partial charge in [0.1, 0.15) is 11.6 Å². The third-order valence-corrected chi connectivity index (χ3v) is 2.90. The van der Waals surface area contributed by atoms with Crippen molar-refractivity contribution in [2.45, 2.75) is 18.2 Å². The van der Waals surface area contributed by atoms with Crippen LogP contribution in [0.15, 0.2) is 17.3 Å². The van der Waals surface area contributed by atoms with Gasteiger partial charge in [-0.25, -0.2) is 0 Å². The van der Waals surface area contributed by atoms with Crippen LogP contribution in [0.3, 0.4) is 0 Å². The summed E-state index contributed by atoms with van der Waals surface area (Å²) in [5, 5.41) is 8.96. The number of thioether (sulfide) groups is 1. The van der Waals surface area contributed by atoms with Gasteiger partial charge >= 0.3 is 0 Å². The van der Waals surface area contributed by atoms with Crippen LogP contribution in [0.4, 0.5) is 0 Å². The van der Waals surface area contributed by atoms with Gasteiger partial charge in [0.2, 0.25) is 0 Å². The summed E-state index contributed by atoms with van der Waals surface area (Å²) in [5.74, 6) is 1.54. The number of pyridine rings is 1. The molecule has 0 fully saturated rings. The lowest BCUT2D eigenvalue weighted by atomic mass is 10.3. The summed E-state index contributed by atoms with van der Waals surface area (Å²) in [6.07, 6.45) is 4.35. The molecule has 0 aliphatic heterocycles. The van der Waals surface area contributed by atoms with Crippen molar-refractivity contribution in [1.29, 1.82) is 5.26 Å². The average molecular weight is 208 g/mol. The lowest BCUT2D eigenvalue weighted by Gasteiger charge is -2.06. The molecule has 0 aromatic carbocycles. The number of nitrogens with zero attached hydrogens (tertiary/aromatic N) is 2. The van der Waals surface area contributed by atoms with E-state index in [1.54, 1.807) is 31.3 Å². The standard InChI is InChI=1S/C10H12N2OS/c1-3-4-14-10-7-12-6-9(13-2)8(10)5-11/h6-7H,3-4H2,1-2H3. The van der Waals surface area contributed by atoms with Gasteiger partial charge in [0.15, 0.2) is 5.75 Å². The van der Waals surface area contributed by atoms with Crippen molar-refractivity contribution >= 4 is 11.8 Å². The van der Waals surface area contributed by atoms with Crippen molar-refractivity contribution in [3.63, 3.8) is 0 Å². The van der Waals surface area contributed by atoms with Crippen LogP contribution in [0.1, 0.15) is 18.9 Å². The van der Waals surface area contributed by atoms with Crippen LogP contribution >= 0.6 is 11.8 Å². The Hall–Kier alpha value is -1.21. The van der Waals surface area contributed by atoms with Crippen LogP contribution in [-0.2, 0) is 0 Å². The van der Waals surface area contributed by atoms with Gasteiger partial charge in [-0.05, 0) is 12.2 Å². The first-order chi connectivity index (χ1) is 6.83. The molecule has 0 saturated carbocycles. The fourth-order valence-electron chi connectivity index (χ4n) is 1.01. The second kappa shape index (κ2) is 5.51. The zero-order valence-corrected chi connectivity index (χ0v) is 9.10. The molecular weight excluding hydrogens is 196 g/mol. The van der Waals surface area contributed by atoms with E-state index in [4.69, 9.17) is 10.00 Å². The quantitative estimate of drug-likeness (QED) is 0.713. The number of nitriles is 1. The minimum absolute atomic E-state index is 0.550. The van der Waals surface area contributed by atoms with Crippen molar-refractivity contribution in [3.8, 4) is 11.8 Å². The van der Waals surface area contributed by atoms with Crippen LogP contribution in [0.5, 0.6) is 5.75 Å². The van der Waals surface area contributed by atoms with Gasteiger partial charge in [0.25, 0.3) is 0 Å². The van der Waals surface area contributed by atoms with Gasteiger partial charge < -0.3 is 4.74 Å². The Kier molecular flexibility index (Phi) is 4.27. The number of rotatable bonds is 4. The molecule has 0 spiro atoms. The first-order valence-corrected chi connectivity index (χ1v) is 5.37. The van der Waals surface area contributed by atoms with E-state index < -0.39 is 0 Å². The highest BCUT2D eigenvalue weighted by Crippen LogP contribution is 2.28. The van der Waals surface area contributed by atoms with E-state index in [1.165, 1.54) is 0 Å². The Morgan fingerprint density at radius 2 is 2.36 bits per heavy atom. The van der Waals surface area contributed by atoms with E-state index in [0.717, 1.165) is 17.1 Å². The molecule has 0 atom stereocenters. The Balaban J connectivity index is 2.98. The van der Waals surface area contributed by atoms with E-state index >= 15 is 0 Å². The lowest BCUT2D eigenvalue weighted by Crippen LogP contribution is -1.92. The Morgan fingerprint density at radius 1 is 1.57 bits per heavy atom.